The van der Waals surface area contributed by atoms with E-state index >= 15 is 0 Å². The monoisotopic (exact) mass is 242 g/mol. The molecule has 0 bridgehead atoms. The quantitative estimate of drug-likeness (QED) is 0.528. The predicted molar refractivity (Wildman–Crippen MR) is 63.6 cm³/mol. The van der Waals surface area contributed by atoms with Gasteiger partial charge in [-0.25, -0.2) is 0 Å². The lowest BCUT2D eigenvalue weighted by Gasteiger charge is -2.19. The van der Waals surface area contributed by atoms with Crippen molar-refractivity contribution in [1.82, 2.24) is 0 Å². The molecule has 98 valence electrons. The minimum absolute atomic E-state index is 0.00169. The molecule has 1 rings (SSSR count). The van der Waals surface area contributed by atoms with Crippen LogP contribution in [0.4, 0.5) is 0 Å². The number of carbonyl (C=O) groups excluding carboxylic acids is 2. The Balaban J connectivity index is 2.56. The zero-order valence-electron chi connectivity index (χ0n) is 10.9. The molecule has 0 radical (unpaired) electrons. The Morgan fingerprint density at radius 3 is 2.59 bits per heavy atom. The number of hydrogen-bond acceptors (Lipinski definition) is 4. The van der Waals surface area contributed by atoms with Crippen LogP contribution in [0.2, 0.25) is 0 Å². The van der Waals surface area contributed by atoms with Crippen LogP contribution in [0.5, 0.6) is 0 Å². The number of ketones is 1. The van der Waals surface area contributed by atoms with Gasteiger partial charge in [0.05, 0.1) is 12.7 Å². The molecule has 4 heteroatoms. The van der Waals surface area contributed by atoms with Crippen molar-refractivity contribution < 1.29 is 19.1 Å². The first-order chi connectivity index (χ1) is 8.06. The fourth-order valence-corrected chi connectivity index (χ4v) is 2.16. The molecule has 0 amide bonds. The van der Waals surface area contributed by atoms with Crippen molar-refractivity contribution in [2.75, 3.05) is 13.2 Å². The summed E-state index contributed by atoms with van der Waals surface area (Å²) in [5.41, 5.74) is 0. The number of esters is 1. The van der Waals surface area contributed by atoms with Crippen molar-refractivity contribution in [3.05, 3.63) is 0 Å². The lowest BCUT2D eigenvalue weighted by atomic mass is 9.88. The van der Waals surface area contributed by atoms with Crippen molar-refractivity contribution in [1.29, 1.82) is 0 Å². The summed E-state index contributed by atoms with van der Waals surface area (Å²) in [4.78, 5) is 23.8. The van der Waals surface area contributed by atoms with Gasteiger partial charge in [-0.2, -0.15) is 0 Å². The Morgan fingerprint density at radius 1 is 1.41 bits per heavy atom. The van der Waals surface area contributed by atoms with Gasteiger partial charge in [0.1, 0.15) is 11.7 Å². The third-order valence-corrected chi connectivity index (χ3v) is 3.01. The zero-order valence-corrected chi connectivity index (χ0v) is 10.9. The minimum atomic E-state index is -0.640. The SMILES string of the molecule is CCOC(=O)C(C(=O)CC1CCCO1)C(C)C. The van der Waals surface area contributed by atoms with E-state index in [1.165, 1.54) is 0 Å². The van der Waals surface area contributed by atoms with Gasteiger partial charge in [0.25, 0.3) is 0 Å². The molecule has 1 saturated heterocycles. The lowest BCUT2D eigenvalue weighted by molar-refractivity contribution is -0.153. The molecule has 1 fully saturated rings. The summed E-state index contributed by atoms with van der Waals surface area (Å²) in [6.45, 7) is 6.53. The van der Waals surface area contributed by atoms with E-state index in [9.17, 15) is 9.59 Å². The van der Waals surface area contributed by atoms with Crippen molar-refractivity contribution in [2.45, 2.75) is 46.1 Å². The van der Waals surface area contributed by atoms with Crippen LogP contribution in [0.3, 0.4) is 0 Å². The highest BCUT2D eigenvalue weighted by atomic mass is 16.5. The molecule has 2 unspecified atom stereocenters. The third-order valence-electron chi connectivity index (χ3n) is 3.01. The van der Waals surface area contributed by atoms with E-state index in [0.29, 0.717) is 13.0 Å². The molecule has 1 heterocycles. The Bertz CT molecular complexity index is 267. The molecular weight excluding hydrogens is 220 g/mol. The molecular formula is C13H22O4. The normalized spacial score (nSPS) is 21.5. The highest BCUT2D eigenvalue weighted by Crippen LogP contribution is 2.22. The molecule has 17 heavy (non-hydrogen) atoms. The first kappa shape index (κ1) is 14.2. The van der Waals surface area contributed by atoms with Gasteiger partial charge in [0.2, 0.25) is 0 Å². The van der Waals surface area contributed by atoms with Gasteiger partial charge in [-0.3, -0.25) is 9.59 Å². The fourth-order valence-electron chi connectivity index (χ4n) is 2.16. The first-order valence-corrected chi connectivity index (χ1v) is 6.37. The lowest BCUT2D eigenvalue weighted by Crippen LogP contribution is -2.32. The maximum Gasteiger partial charge on any atom is 0.316 e. The fraction of sp³-hybridized carbons (Fsp3) is 0.846. The van der Waals surface area contributed by atoms with Crippen LogP contribution in [-0.2, 0) is 19.1 Å². The Kier molecular flexibility index (Phi) is 5.62. The molecule has 0 aromatic carbocycles. The summed E-state index contributed by atoms with van der Waals surface area (Å²) < 4.78 is 10.4. The number of rotatable bonds is 6. The van der Waals surface area contributed by atoms with Crippen LogP contribution in [0.1, 0.15) is 40.0 Å². The van der Waals surface area contributed by atoms with Crippen LogP contribution >= 0.6 is 0 Å². The second kappa shape index (κ2) is 6.74. The largest absolute Gasteiger partial charge is 0.465 e. The molecule has 4 nitrogen and oxygen atoms in total. The van der Waals surface area contributed by atoms with E-state index in [4.69, 9.17) is 9.47 Å². The molecule has 1 aliphatic heterocycles. The van der Waals surface area contributed by atoms with Crippen LogP contribution in [0, 0.1) is 11.8 Å². The van der Waals surface area contributed by atoms with E-state index in [-0.39, 0.29) is 17.8 Å². The Morgan fingerprint density at radius 2 is 2.12 bits per heavy atom. The minimum Gasteiger partial charge on any atom is -0.465 e. The van der Waals surface area contributed by atoms with Gasteiger partial charge in [-0.1, -0.05) is 13.8 Å². The second-order valence-electron chi connectivity index (χ2n) is 4.78. The maximum atomic E-state index is 12.1. The van der Waals surface area contributed by atoms with Crippen LogP contribution in [0.15, 0.2) is 0 Å². The highest BCUT2D eigenvalue weighted by molar-refractivity contribution is 5.99. The summed E-state index contributed by atoms with van der Waals surface area (Å²) in [7, 11) is 0. The average Bonchev–Trinajstić information content (AvgIpc) is 2.70. The first-order valence-electron chi connectivity index (χ1n) is 6.37. The summed E-state index contributed by atoms with van der Waals surface area (Å²) in [5, 5.41) is 0. The number of Topliss-reactive ketones (excluding diaryl/α,β-unsaturated/α-hetero) is 1. The molecule has 0 aliphatic carbocycles. The Labute approximate surface area is 103 Å². The topological polar surface area (TPSA) is 52.6 Å². The van der Waals surface area contributed by atoms with Crippen molar-refractivity contribution in [3.8, 4) is 0 Å². The molecule has 0 saturated carbocycles. The molecule has 0 aromatic heterocycles. The summed E-state index contributed by atoms with van der Waals surface area (Å²) in [5.74, 6) is -1.11. The smallest absolute Gasteiger partial charge is 0.316 e. The molecule has 0 N–H and O–H groups in total. The summed E-state index contributed by atoms with van der Waals surface area (Å²) >= 11 is 0. The predicted octanol–water partition coefficient (Wildman–Crippen LogP) is 1.96. The van der Waals surface area contributed by atoms with E-state index in [1.54, 1.807) is 6.92 Å². The summed E-state index contributed by atoms with van der Waals surface area (Å²) in [6, 6.07) is 0. The standard InChI is InChI=1S/C13H22O4/c1-4-16-13(15)12(9(2)3)11(14)8-10-6-5-7-17-10/h9-10,12H,4-8H2,1-3H3. The maximum absolute atomic E-state index is 12.1. The van der Waals surface area contributed by atoms with E-state index < -0.39 is 11.9 Å². The van der Waals surface area contributed by atoms with Gasteiger partial charge in [0, 0.05) is 13.0 Å². The second-order valence-corrected chi connectivity index (χ2v) is 4.78. The molecule has 1 aliphatic rings. The van der Waals surface area contributed by atoms with Crippen LogP contribution in [-0.4, -0.2) is 31.1 Å². The summed E-state index contributed by atoms with van der Waals surface area (Å²) in [6.07, 6.45) is 2.25. The number of carbonyl (C=O) groups is 2. The average molecular weight is 242 g/mol. The van der Waals surface area contributed by atoms with Crippen LogP contribution in [0.25, 0.3) is 0 Å². The number of ether oxygens (including phenoxy) is 2. The van der Waals surface area contributed by atoms with E-state index in [1.807, 2.05) is 13.8 Å². The van der Waals surface area contributed by atoms with Gasteiger partial charge in [-0.05, 0) is 25.7 Å². The zero-order chi connectivity index (χ0) is 12.8. The third kappa shape index (κ3) is 4.11. The van der Waals surface area contributed by atoms with Crippen molar-refractivity contribution >= 4 is 11.8 Å². The Hall–Kier alpha value is -0.900. The molecule has 0 spiro atoms. The van der Waals surface area contributed by atoms with Gasteiger partial charge >= 0.3 is 5.97 Å². The van der Waals surface area contributed by atoms with Gasteiger partial charge in [0.15, 0.2) is 0 Å². The van der Waals surface area contributed by atoms with Crippen LogP contribution < -0.4 is 0 Å². The molecule has 0 aromatic rings. The van der Waals surface area contributed by atoms with Crippen molar-refractivity contribution in [2.24, 2.45) is 11.8 Å². The number of hydrogen-bond donors (Lipinski definition) is 0. The molecule has 2 atom stereocenters. The van der Waals surface area contributed by atoms with Gasteiger partial charge in [-0.15, -0.1) is 0 Å². The van der Waals surface area contributed by atoms with Crippen molar-refractivity contribution in [3.63, 3.8) is 0 Å². The highest BCUT2D eigenvalue weighted by Gasteiger charge is 2.33. The van der Waals surface area contributed by atoms with E-state index in [0.717, 1.165) is 19.4 Å². The van der Waals surface area contributed by atoms with E-state index in [2.05, 4.69) is 0 Å². The van der Waals surface area contributed by atoms with Gasteiger partial charge < -0.3 is 9.47 Å².